The van der Waals surface area contributed by atoms with E-state index in [9.17, 15) is 0 Å². The van der Waals surface area contributed by atoms with E-state index in [0.29, 0.717) is 5.15 Å². The smallest absolute Gasteiger partial charge is 0.129 e. The molecule has 16 heavy (non-hydrogen) atoms. The van der Waals surface area contributed by atoms with Crippen molar-refractivity contribution in [1.29, 1.82) is 0 Å². The Bertz CT molecular complexity index is 518. The first-order chi connectivity index (χ1) is 7.83. The molecule has 0 saturated carbocycles. The van der Waals surface area contributed by atoms with Gasteiger partial charge in [-0.3, -0.25) is 0 Å². The van der Waals surface area contributed by atoms with Gasteiger partial charge >= 0.3 is 0 Å². The van der Waals surface area contributed by atoms with Crippen molar-refractivity contribution < 1.29 is 0 Å². The second-order valence-corrected chi connectivity index (χ2v) is 4.62. The molecular weight excluding hydrogens is 220 g/mol. The van der Waals surface area contributed by atoms with Gasteiger partial charge in [-0.15, -0.1) is 0 Å². The number of anilines is 1. The van der Waals surface area contributed by atoms with Crippen LogP contribution in [0.3, 0.4) is 0 Å². The van der Waals surface area contributed by atoms with Gasteiger partial charge in [-0.1, -0.05) is 17.7 Å². The molecule has 1 aromatic heterocycles. The summed E-state index contributed by atoms with van der Waals surface area (Å²) in [6.07, 6.45) is 4.45. The normalized spacial score (nSPS) is 15.9. The molecule has 2 heterocycles. The lowest BCUT2D eigenvalue weighted by atomic mass is 10.1. The molecule has 1 aliphatic rings. The van der Waals surface area contributed by atoms with Crippen molar-refractivity contribution in [2.75, 3.05) is 18.0 Å². The molecule has 3 heteroatoms. The highest BCUT2D eigenvalue weighted by atomic mass is 35.5. The minimum Gasteiger partial charge on any atom is -0.372 e. The second kappa shape index (κ2) is 3.95. The maximum absolute atomic E-state index is 5.86. The first kappa shape index (κ1) is 9.91. The largest absolute Gasteiger partial charge is 0.372 e. The summed E-state index contributed by atoms with van der Waals surface area (Å²) in [5, 5.41) is 2.87. The van der Waals surface area contributed by atoms with E-state index in [0.717, 1.165) is 10.8 Å². The SMILES string of the molecule is Clc1cc2ccc(N3CCCC3)cc2cn1. The molecule has 0 spiro atoms. The summed E-state index contributed by atoms with van der Waals surface area (Å²) in [4.78, 5) is 6.55. The number of hydrogen-bond acceptors (Lipinski definition) is 2. The molecule has 0 unspecified atom stereocenters. The zero-order chi connectivity index (χ0) is 11.0. The lowest BCUT2D eigenvalue weighted by molar-refractivity contribution is 0.949. The Morgan fingerprint density at radius 2 is 1.88 bits per heavy atom. The van der Waals surface area contributed by atoms with Gasteiger partial charge in [0.15, 0.2) is 0 Å². The third-order valence-electron chi connectivity index (χ3n) is 3.14. The molecule has 82 valence electrons. The number of fused-ring (bicyclic) bond motifs is 1. The second-order valence-electron chi connectivity index (χ2n) is 4.23. The van der Waals surface area contributed by atoms with Gasteiger partial charge in [-0.25, -0.2) is 4.98 Å². The van der Waals surface area contributed by atoms with Crippen LogP contribution in [-0.2, 0) is 0 Å². The predicted molar refractivity (Wildman–Crippen MR) is 68.2 cm³/mol. The number of rotatable bonds is 1. The quantitative estimate of drug-likeness (QED) is 0.700. The van der Waals surface area contributed by atoms with Crippen LogP contribution in [-0.4, -0.2) is 18.1 Å². The van der Waals surface area contributed by atoms with Gasteiger partial charge in [0.2, 0.25) is 0 Å². The summed E-state index contributed by atoms with van der Waals surface area (Å²) in [5.74, 6) is 0. The van der Waals surface area contributed by atoms with Crippen molar-refractivity contribution in [1.82, 2.24) is 4.98 Å². The standard InChI is InChI=1S/C13H13ClN2/c14-13-8-10-3-4-12(7-11(10)9-15-13)16-5-1-2-6-16/h3-4,7-9H,1-2,5-6H2. The molecule has 1 saturated heterocycles. The summed E-state index contributed by atoms with van der Waals surface area (Å²) in [6, 6.07) is 8.40. The average Bonchev–Trinajstić information content (AvgIpc) is 2.82. The molecule has 0 amide bonds. The van der Waals surface area contributed by atoms with Crippen molar-refractivity contribution in [3.05, 3.63) is 35.6 Å². The maximum Gasteiger partial charge on any atom is 0.129 e. The van der Waals surface area contributed by atoms with Gasteiger partial charge < -0.3 is 4.90 Å². The van der Waals surface area contributed by atoms with E-state index in [1.54, 1.807) is 0 Å². The zero-order valence-corrected chi connectivity index (χ0v) is 9.74. The van der Waals surface area contributed by atoms with Crippen LogP contribution < -0.4 is 4.90 Å². The molecule has 3 rings (SSSR count). The van der Waals surface area contributed by atoms with Crippen LogP contribution in [0.1, 0.15) is 12.8 Å². The molecule has 1 aliphatic heterocycles. The fourth-order valence-electron chi connectivity index (χ4n) is 2.27. The van der Waals surface area contributed by atoms with Crippen LogP contribution in [0.2, 0.25) is 5.15 Å². The zero-order valence-electron chi connectivity index (χ0n) is 8.99. The summed E-state index contributed by atoms with van der Waals surface area (Å²) in [6.45, 7) is 2.35. The van der Waals surface area contributed by atoms with Gasteiger partial charge in [-0.2, -0.15) is 0 Å². The minimum atomic E-state index is 0.557. The van der Waals surface area contributed by atoms with E-state index >= 15 is 0 Å². The molecule has 0 N–H and O–H groups in total. The Hall–Kier alpha value is -1.28. The van der Waals surface area contributed by atoms with Crippen LogP contribution in [0.4, 0.5) is 5.69 Å². The molecule has 0 atom stereocenters. The Kier molecular flexibility index (Phi) is 2.44. The molecular formula is C13H13ClN2. The van der Waals surface area contributed by atoms with Crippen molar-refractivity contribution in [3.8, 4) is 0 Å². The highest BCUT2D eigenvalue weighted by Gasteiger charge is 2.12. The van der Waals surface area contributed by atoms with E-state index in [2.05, 4.69) is 28.1 Å². The van der Waals surface area contributed by atoms with Gasteiger partial charge in [-0.05, 0) is 36.4 Å². The predicted octanol–water partition coefficient (Wildman–Crippen LogP) is 3.49. The number of benzene rings is 1. The number of aromatic nitrogens is 1. The van der Waals surface area contributed by atoms with Gasteiger partial charge in [0.25, 0.3) is 0 Å². The highest BCUT2D eigenvalue weighted by Crippen LogP contribution is 2.25. The molecule has 2 aromatic rings. The Labute approximate surface area is 99.8 Å². The van der Waals surface area contributed by atoms with Crippen molar-refractivity contribution in [2.24, 2.45) is 0 Å². The number of nitrogens with zero attached hydrogens (tertiary/aromatic N) is 2. The van der Waals surface area contributed by atoms with Crippen LogP contribution in [0.25, 0.3) is 10.8 Å². The molecule has 0 radical (unpaired) electrons. The topological polar surface area (TPSA) is 16.1 Å². The average molecular weight is 233 g/mol. The first-order valence-electron chi connectivity index (χ1n) is 5.63. The maximum atomic E-state index is 5.86. The molecule has 1 aromatic carbocycles. The van der Waals surface area contributed by atoms with Crippen molar-refractivity contribution in [2.45, 2.75) is 12.8 Å². The van der Waals surface area contributed by atoms with Crippen LogP contribution in [0, 0.1) is 0 Å². The van der Waals surface area contributed by atoms with Crippen LogP contribution in [0.15, 0.2) is 30.5 Å². The number of pyridine rings is 1. The van der Waals surface area contributed by atoms with Gasteiger partial charge in [0.05, 0.1) is 0 Å². The summed E-state index contributed by atoms with van der Waals surface area (Å²) >= 11 is 5.86. The highest BCUT2D eigenvalue weighted by molar-refractivity contribution is 6.30. The van der Waals surface area contributed by atoms with Crippen LogP contribution >= 0.6 is 11.6 Å². The lowest BCUT2D eigenvalue weighted by Crippen LogP contribution is -2.17. The lowest BCUT2D eigenvalue weighted by Gasteiger charge is -2.17. The fraction of sp³-hybridized carbons (Fsp3) is 0.308. The van der Waals surface area contributed by atoms with E-state index < -0.39 is 0 Å². The Morgan fingerprint density at radius 3 is 2.69 bits per heavy atom. The summed E-state index contributed by atoms with van der Waals surface area (Å²) < 4.78 is 0. The fourth-order valence-corrected chi connectivity index (χ4v) is 2.44. The summed E-state index contributed by atoms with van der Waals surface area (Å²) in [7, 11) is 0. The molecule has 0 aliphatic carbocycles. The molecule has 2 nitrogen and oxygen atoms in total. The third kappa shape index (κ3) is 1.74. The van der Waals surface area contributed by atoms with Gasteiger partial charge in [0, 0.05) is 30.4 Å². The third-order valence-corrected chi connectivity index (χ3v) is 3.35. The molecule has 1 fully saturated rings. The van der Waals surface area contributed by atoms with Crippen LogP contribution in [0.5, 0.6) is 0 Å². The minimum absolute atomic E-state index is 0.557. The van der Waals surface area contributed by atoms with E-state index in [4.69, 9.17) is 11.6 Å². The molecule has 0 bridgehead atoms. The van der Waals surface area contributed by atoms with Crippen molar-refractivity contribution >= 4 is 28.1 Å². The Balaban J connectivity index is 2.05. The van der Waals surface area contributed by atoms with E-state index in [1.807, 2.05) is 12.3 Å². The summed E-state index contributed by atoms with van der Waals surface area (Å²) in [5.41, 5.74) is 1.30. The number of halogens is 1. The monoisotopic (exact) mass is 232 g/mol. The number of hydrogen-bond donors (Lipinski definition) is 0. The Morgan fingerprint density at radius 1 is 1.06 bits per heavy atom. The first-order valence-corrected chi connectivity index (χ1v) is 6.01. The van der Waals surface area contributed by atoms with Gasteiger partial charge in [0.1, 0.15) is 5.15 Å². The van der Waals surface area contributed by atoms with E-state index in [1.165, 1.54) is 31.6 Å². The van der Waals surface area contributed by atoms with Crippen molar-refractivity contribution in [3.63, 3.8) is 0 Å². The van der Waals surface area contributed by atoms with E-state index in [-0.39, 0.29) is 0 Å².